The Kier molecular flexibility index (Phi) is 4.02. The van der Waals surface area contributed by atoms with Gasteiger partial charge in [-0.1, -0.05) is 60.7 Å². The third-order valence-electron chi connectivity index (χ3n) is 2.86. The van der Waals surface area contributed by atoms with Gasteiger partial charge in [-0.25, -0.2) is 0 Å². The normalized spacial score (nSPS) is 11.8. The minimum absolute atomic E-state index is 0.0672. The van der Waals surface area contributed by atoms with Crippen molar-refractivity contribution in [1.82, 2.24) is 0 Å². The van der Waals surface area contributed by atoms with E-state index in [0.29, 0.717) is 6.42 Å². The van der Waals surface area contributed by atoms with Crippen molar-refractivity contribution in [1.29, 1.82) is 0 Å². The minimum Gasteiger partial charge on any atom is -0.302 e. The van der Waals surface area contributed by atoms with E-state index in [4.69, 9.17) is 0 Å². The smallest absolute Gasteiger partial charge is 0.151 e. The van der Waals surface area contributed by atoms with Gasteiger partial charge in [0, 0.05) is 6.42 Å². The van der Waals surface area contributed by atoms with Crippen LogP contribution in [0, 0.1) is 0 Å². The van der Waals surface area contributed by atoms with Gasteiger partial charge in [-0.3, -0.25) is 4.79 Å². The summed E-state index contributed by atoms with van der Waals surface area (Å²) in [7, 11) is 0. The van der Waals surface area contributed by atoms with E-state index in [1.807, 2.05) is 60.7 Å². The Morgan fingerprint density at radius 2 is 1.50 bits per heavy atom. The monoisotopic (exact) mass is 238 g/mol. The quantitative estimate of drug-likeness (QED) is 0.593. The molecule has 0 amide bonds. The first kappa shape index (κ1) is 12.2. The number of hydrogen-bond acceptors (Lipinski definition) is 2. The molecule has 0 N–H and O–H groups in total. The first-order valence-corrected chi connectivity index (χ1v) is 5.88. The largest absolute Gasteiger partial charge is 0.302 e. The number of hydrogen-bond donors (Lipinski definition) is 0. The number of ketones is 1. The SMILES string of the molecule is O=CC(C(=O)Cc1ccccc1)c1ccccc1. The van der Waals surface area contributed by atoms with Gasteiger partial charge in [-0.05, 0) is 11.1 Å². The van der Waals surface area contributed by atoms with Gasteiger partial charge in [0.15, 0.2) is 5.78 Å². The highest BCUT2D eigenvalue weighted by Gasteiger charge is 2.19. The van der Waals surface area contributed by atoms with Crippen molar-refractivity contribution in [2.45, 2.75) is 12.3 Å². The zero-order valence-corrected chi connectivity index (χ0v) is 9.95. The highest BCUT2D eigenvalue weighted by atomic mass is 16.1. The van der Waals surface area contributed by atoms with Crippen LogP contribution in [0.25, 0.3) is 0 Å². The molecule has 0 radical (unpaired) electrons. The van der Waals surface area contributed by atoms with Crippen molar-refractivity contribution in [3.63, 3.8) is 0 Å². The van der Waals surface area contributed by atoms with Crippen molar-refractivity contribution in [3.8, 4) is 0 Å². The molecular weight excluding hydrogens is 224 g/mol. The fourth-order valence-electron chi connectivity index (χ4n) is 1.91. The Morgan fingerprint density at radius 1 is 0.944 bits per heavy atom. The summed E-state index contributed by atoms with van der Waals surface area (Å²) in [4.78, 5) is 23.2. The number of carbonyl (C=O) groups excluding carboxylic acids is 2. The second-order valence-electron chi connectivity index (χ2n) is 4.15. The van der Waals surface area contributed by atoms with Crippen LogP contribution < -0.4 is 0 Å². The zero-order chi connectivity index (χ0) is 12.8. The highest BCUT2D eigenvalue weighted by molar-refractivity contribution is 5.99. The van der Waals surface area contributed by atoms with Crippen LogP contribution in [-0.2, 0) is 16.0 Å². The molecule has 1 unspecified atom stereocenters. The molecule has 2 heteroatoms. The van der Waals surface area contributed by atoms with E-state index in [9.17, 15) is 9.59 Å². The fourth-order valence-corrected chi connectivity index (χ4v) is 1.91. The van der Waals surface area contributed by atoms with E-state index < -0.39 is 5.92 Å². The second-order valence-corrected chi connectivity index (χ2v) is 4.15. The predicted octanol–water partition coefficient (Wildman–Crippen LogP) is 2.78. The molecule has 2 aromatic rings. The summed E-state index contributed by atoms with van der Waals surface area (Å²) >= 11 is 0. The van der Waals surface area contributed by atoms with Gasteiger partial charge >= 0.3 is 0 Å². The maximum absolute atomic E-state index is 12.1. The Bertz CT molecular complexity index is 517. The van der Waals surface area contributed by atoms with Crippen LogP contribution in [0.3, 0.4) is 0 Å². The lowest BCUT2D eigenvalue weighted by molar-refractivity contribution is -0.123. The van der Waals surface area contributed by atoms with E-state index in [-0.39, 0.29) is 5.78 Å². The predicted molar refractivity (Wildman–Crippen MR) is 70.4 cm³/mol. The number of benzene rings is 2. The first-order valence-electron chi connectivity index (χ1n) is 5.88. The lowest BCUT2D eigenvalue weighted by atomic mass is 9.92. The van der Waals surface area contributed by atoms with Gasteiger partial charge in [0.2, 0.25) is 0 Å². The standard InChI is InChI=1S/C16H14O2/c17-12-15(14-9-5-2-6-10-14)16(18)11-13-7-3-1-4-8-13/h1-10,12,15H,11H2. The van der Waals surface area contributed by atoms with E-state index in [1.54, 1.807) is 0 Å². The van der Waals surface area contributed by atoms with Crippen molar-refractivity contribution < 1.29 is 9.59 Å². The summed E-state index contributed by atoms with van der Waals surface area (Å²) in [6.07, 6.45) is 1.01. The number of carbonyl (C=O) groups is 2. The maximum atomic E-state index is 12.1. The van der Waals surface area contributed by atoms with Crippen LogP contribution in [-0.4, -0.2) is 12.1 Å². The van der Waals surface area contributed by atoms with Gasteiger partial charge in [-0.15, -0.1) is 0 Å². The molecule has 0 aliphatic heterocycles. The molecular formula is C16H14O2. The molecule has 0 heterocycles. The lowest BCUT2D eigenvalue weighted by Gasteiger charge is -2.09. The summed E-state index contributed by atoms with van der Waals surface area (Å²) in [6.45, 7) is 0. The van der Waals surface area contributed by atoms with Crippen LogP contribution in [0.5, 0.6) is 0 Å². The van der Waals surface area contributed by atoms with Crippen LogP contribution >= 0.6 is 0 Å². The van der Waals surface area contributed by atoms with Crippen molar-refractivity contribution in [2.75, 3.05) is 0 Å². The third-order valence-corrected chi connectivity index (χ3v) is 2.86. The Morgan fingerprint density at radius 3 is 2.06 bits per heavy atom. The molecule has 0 spiro atoms. The molecule has 0 saturated heterocycles. The average molecular weight is 238 g/mol. The molecule has 0 aliphatic rings. The summed E-state index contributed by atoms with van der Waals surface area (Å²) in [5.41, 5.74) is 1.69. The van der Waals surface area contributed by atoms with E-state index >= 15 is 0 Å². The van der Waals surface area contributed by atoms with Crippen LogP contribution in [0.1, 0.15) is 17.0 Å². The molecule has 0 fully saturated rings. The van der Waals surface area contributed by atoms with Crippen molar-refractivity contribution in [3.05, 3.63) is 71.8 Å². The molecule has 2 nitrogen and oxygen atoms in total. The minimum atomic E-state index is -0.661. The Balaban J connectivity index is 2.14. The second kappa shape index (κ2) is 5.92. The van der Waals surface area contributed by atoms with Gasteiger partial charge in [0.1, 0.15) is 6.29 Å². The molecule has 18 heavy (non-hydrogen) atoms. The first-order chi connectivity index (χ1) is 8.81. The summed E-state index contributed by atoms with van der Waals surface area (Å²) in [5, 5.41) is 0. The van der Waals surface area contributed by atoms with Gasteiger partial charge in [0.05, 0.1) is 5.92 Å². The molecule has 0 aromatic heterocycles. The summed E-state index contributed by atoms with van der Waals surface area (Å²) in [6, 6.07) is 18.6. The highest BCUT2D eigenvalue weighted by Crippen LogP contribution is 2.16. The van der Waals surface area contributed by atoms with Gasteiger partial charge in [-0.2, -0.15) is 0 Å². The van der Waals surface area contributed by atoms with E-state index in [1.165, 1.54) is 0 Å². The van der Waals surface area contributed by atoms with E-state index in [0.717, 1.165) is 17.4 Å². The molecule has 0 aliphatic carbocycles. The fraction of sp³-hybridized carbons (Fsp3) is 0.125. The topological polar surface area (TPSA) is 34.1 Å². The van der Waals surface area contributed by atoms with Crippen molar-refractivity contribution in [2.24, 2.45) is 0 Å². The van der Waals surface area contributed by atoms with Gasteiger partial charge in [0.25, 0.3) is 0 Å². The van der Waals surface area contributed by atoms with Crippen molar-refractivity contribution >= 4 is 12.1 Å². The zero-order valence-electron chi connectivity index (χ0n) is 9.95. The van der Waals surface area contributed by atoms with Crippen LogP contribution in [0.4, 0.5) is 0 Å². The van der Waals surface area contributed by atoms with Crippen LogP contribution in [0.15, 0.2) is 60.7 Å². The molecule has 0 bridgehead atoms. The Labute approximate surface area is 106 Å². The average Bonchev–Trinajstić information content (AvgIpc) is 2.42. The third kappa shape index (κ3) is 2.92. The molecule has 2 rings (SSSR count). The molecule has 1 atom stereocenters. The molecule has 0 saturated carbocycles. The molecule has 2 aromatic carbocycles. The Hall–Kier alpha value is -2.22. The van der Waals surface area contributed by atoms with E-state index in [2.05, 4.69) is 0 Å². The summed E-state index contributed by atoms with van der Waals surface area (Å²) in [5.74, 6) is -0.728. The lowest BCUT2D eigenvalue weighted by Crippen LogP contribution is -2.16. The maximum Gasteiger partial charge on any atom is 0.151 e. The number of rotatable bonds is 5. The number of aldehydes is 1. The number of Topliss-reactive ketones (excluding diaryl/α,β-unsaturated/α-hetero) is 1. The van der Waals surface area contributed by atoms with Crippen LogP contribution in [0.2, 0.25) is 0 Å². The molecule has 90 valence electrons. The summed E-state index contributed by atoms with van der Waals surface area (Å²) < 4.78 is 0. The van der Waals surface area contributed by atoms with Gasteiger partial charge < -0.3 is 4.79 Å².